The zero-order valence-corrected chi connectivity index (χ0v) is 15.3. The summed E-state index contributed by atoms with van der Waals surface area (Å²) in [5.41, 5.74) is 1.31. The molecule has 0 bridgehead atoms. The summed E-state index contributed by atoms with van der Waals surface area (Å²) in [5, 5.41) is 4.83. The largest absolute Gasteiger partial charge is 0.348 e. The van der Waals surface area contributed by atoms with Crippen molar-refractivity contribution in [2.75, 3.05) is 11.9 Å². The molecule has 2 unspecified atom stereocenters. The Balaban J connectivity index is 2.17. The smallest absolute Gasteiger partial charge is 0.185 e. The molecule has 1 aliphatic rings. The molecule has 0 aromatic carbocycles. The molecule has 0 saturated heterocycles. The standard InChI is InChI=1S/C17H31N3S/c1-7-12(4)16-15(10-18-14-8-9-14)21-17(19-16)20(6)13(5)11(2)3/h11-14,18H,7-10H2,1-6H3. The molecule has 1 aliphatic carbocycles. The quantitative estimate of drug-likeness (QED) is 0.772. The van der Waals surface area contributed by atoms with Crippen molar-refractivity contribution in [3.63, 3.8) is 0 Å². The summed E-state index contributed by atoms with van der Waals surface area (Å²) in [6.45, 7) is 12.4. The van der Waals surface area contributed by atoms with Gasteiger partial charge in [0.1, 0.15) is 0 Å². The number of hydrogen-bond donors (Lipinski definition) is 1. The monoisotopic (exact) mass is 309 g/mol. The highest BCUT2D eigenvalue weighted by Gasteiger charge is 2.24. The van der Waals surface area contributed by atoms with E-state index in [1.165, 1.54) is 28.5 Å². The van der Waals surface area contributed by atoms with E-state index in [9.17, 15) is 0 Å². The Kier molecular flexibility index (Phi) is 5.67. The SMILES string of the molecule is CCC(C)c1nc(N(C)C(C)C(C)C)sc1CNC1CC1. The number of aromatic nitrogens is 1. The molecule has 0 amide bonds. The highest BCUT2D eigenvalue weighted by Crippen LogP contribution is 2.33. The molecule has 1 aromatic rings. The molecule has 1 N–H and O–H groups in total. The van der Waals surface area contributed by atoms with E-state index in [0.29, 0.717) is 17.9 Å². The molecule has 0 spiro atoms. The van der Waals surface area contributed by atoms with Gasteiger partial charge in [-0.3, -0.25) is 0 Å². The molecule has 3 nitrogen and oxygen atoms in total. The van der Waals surface area contributed by atoms with E-state index in [1.54, 1.807) is 0 Å². The summed E-state index contributed by atoms with van der Waals surface area (Å²) in [6, 6.07) is 1.28. The Morgan fingerprint density at radius 1 is 1.29 bits per heavy atom. The average Bonchev–Trinajstić information content (AvgIpc) is 3.20. The van der Waals surface area contributed by atoms with Crippen molar-refractivity contribution in [3.8, 4) is 0 Å². The Labute approximate surface area is 134 Å². The normalized spacial score (nSPS) is 18.0. The molecule has 1 aromatic heterocycles. The lowest BCUT2D eigenvalue weighted by molar-refractivity contribution is 0.504. The van der Waals surface area contributed by atoms with Crippen molar-refractivity contribution in [1.29, 1.82) is 0 Å². The van der Waals surface area contributed by atoms with Crippen LogP contribution in [0.15, 0.2) is 0 Å². The lowest BCUT2D eigenvalue weighted by atomic mass is 10.0. The number of nitrogens with one attached hydrogen (secondary N) is 1. The molecule has 4 heteroatoms. The van der Waals surface area contributed by atoms with E-state index < -0.39 is 0 Å². The second kappa shape index (κ2) is 7.10. The first kappa shape index (κ1) is 16.8. The van der Waals surface area contributed by atoms with Crippen LogP contribution in [0, 0.1) is 5.92 Å². The van der Waals surface area contributed by atoms with Crippen molar-refractivity contribution in [1.82, 2.24) is 10.3 Å². The van der Waals surface area contributed by atoms with Crippen LogP contribution in [0.1, 0.15) is 70.4 Å². The summed E-state index contributed by atoms with van der Waals surface area (Å²) in [6.07, 6.45) is 3.84. The third-order valence-electron chi connectivity index (χ3n) is 4.80. The van der Waals surface area contributed by atoms with Gasteiger partial charge in [-0.05, 0) is 38.0 Å². The first-order valence-electron chi connectivity index (χ1n) is 8.39. The summed E-state index contributed by atoms with van der Waals surface area (Å²) < 4.78 is 0. The first-order chi connectivity index (χ1) is 9.93. The minimum atomic E-state index is 0.519. The number of hydrogen-bond acceptors (Lipinski definition) is 4. The van der Waals surface area contributed by atoms with Crippen LogP contribution in [0.25, 0.3) is 0 Å². The van der Waals surface area contributed by atoms with Crippen molar-refractivity contribution < 1.29 is 0 Å². The summed E-state index contributed by atoms with van der Waals surface area (Å²) in [7, 11) is 2.18. The molecule has 0 aliphatic heterocycles. The van der Waals surface area contributed by atoms with Crippen molar-refractivity contribution in [3.05, 3.63) is 10.6 Å². The van der Waals surface area contributed by atoms with Crippen LogP contribution >= 0.6 is 11.3 Å². The van der Waals surface area contributed by atoms with Crippen LogP contribution in [0.2, 0.25) is 0 Å². The molecule has 1 heterocycles. The Morgan fingerprint density at radius 2 is 1.95 bits per heavy atom. The highest BCUT2D eigenvalue weighted by molar-refractivity contribution is 7.15. The van der Waals surface area contributed by atoms with E-state index in [4.69, 9.17) is 4.98 Å². The van der Waals surface area contributed by atoms with Crippen LogP contribution < -0.4 is 10.2 Å². The van der Waals surface area contributed by atoms with Gasteiger partial charge in [-0.1, -0.05) is 27.7 Å². The fraction of sp³-hybridized carbons (Fsp3) is 0.824. The molecule has 120 valence electrons. The predicted octanol–water partition coefficient (Wildman–Crippen LogP) is 4.39. The van der Waals surface area contributed by atoms with E-state index in [0.717, 1.165) is 19.0 Å². The van der Waals surface area contributed by atoms with Gasteiger partial charge < -0.3 is 10.2 Å². The third-order valence-corrected chi connectivity index (χ3v) is 5.96. The number of thiazole rings is 1. The zero-order valence-electron chi connectivity index (χ0n) is 14.4. The van der Waals surface area contributed by atoms with Gasteiger partial charge in [0.2, 0.25) is 0 Å². The molecule has 21 heavy (non-hydrogen) atoms. The number of anilines is 1. The fourth-order valence-electron chi connectivity index (χ4n) is 2.35. The Bertz CT molecular complexity index is 451. The van der Waals surface area contributed by atoms with Gasteiger partial charge in [0.15, 0.2) is 5.13 Å². The van der Waals surface area contributed by atoms with Crippen LogP contribution in [0.3, 0.4) is 0 Å². The van der Waals surface area contributed by atoms with Crippen molar-refractivity contribution in [2.24, 2.45) is 5.92 Å². The predicted molar refractivity (Wildman–Crippen MR) is 93.4 cm³/mol. The van der Waals surface area contributed by atoms with E-state index in [2.05, 4.69) is 51.9 Å². The summed E-state index contributed by atoms with van der Waals surface area (Å²) in [5.74, 6) is 1.19. The first-order valence-corrected chi connectivity index (χ1v) is 9.21. The van der Waals surface area contributed by atoms with Gasteiger partial charge in [-0.15, -0.1) is 11.3 Å². The minimum Gasteiger partial charge on any atom is -0.348 e. The van der Waals surface area contributed by atoms with E-state index >= 15 is 0 Å². The van der Waals surface area contributed by atoms with Gasteiger partial charge in [0.25, 0.3) is 0 Å². The highest BCUT2D eigenvalue weighted by atomic mass is 32.1. The average molecular weight is 310 g/mol. The van der Waals surface area contributed by atoms with Crippen molar-refractivity contribution >= 4 is 16.5 Å². The second-order valence-electron chi connectivity index (χ2n) is 6.86. The maximum Gasteiger partial charge on any atom is 0.185 e. The summed E-state index contributed by atoms with van der Waals surface area (Å²) >= 11 is 1.88. The van der Waals surface area contributed by atoms with Crippen LogP contribution in [-0.4, -0.2) is 24.1 Å². The molecule has 2 rings (SSSR count). The Hall–Kier alpha value is -0.610. The number of nitrogens with zero attached hydrogens (tertiary/aromatic N) is 2. The fourth-order valence-corrected chi connectivity index (χ4v) is 3.53. The molecular weight excluding hydrogens is 278 g/mol. The number of rotatable bonds is 8. The van der Waals surface area contributed by atoms with Crippen LogP contribution in [-0.2, 0) is 6.54 Å². The topological polar surface area (TPSA) is 28.2 Å². The van der Waals surface area contributed by atoms with Crippen LogP contribution in [0.5, 0.6) is 0 Å². The zero-order chi connectivity index (χ0) is 15.6. The van der Waals surface area contributed by atoms with Gasteiger partial charge >= 0.3 is 0 Å². The third kappa shape index (κ3) is 4.19. The van der Waals surface area contributed by atoms with Crippen LogP contribution in [0.4, 0.5) is 5.13 Å². The minimum absolute atomic E-state index is 0.519. The Morgan fingerprint density at radius 3 is 2.48 bits per heavy atom. The van der Waals surface area contributed by atoms with Gasteiger partial charge in [-0.2, -0.15) is 0 Å². The molecular formula is C17H31N3S. The second-order valence-corrected chi connectivity index (χ2v) is 7.93. The molecule has 1 saturated carbocycles. The molecule has 2 atom stereocenters. The van der Waals surface area contributed by atoms with Crippen molar-refractivity contribution in [2.45, 2.75) is 78.4 Å². The molecule has 0 radical (unpaired) electrons. The lowest BCUT2D eigenvalue weighted by Crippen LogP contribution is -2.33. The van der Waals surface area contributed by atoms with Gasteiger partial charge in [-0.25, -0.2) is 4.98 Å². The maximum absolute atomic E-state index is 4.99. The summed E-state index contributed by atoms with van der Waals surface area (Å²) in [4.78, 5) is 8.78. The van der Waals surface area contributed by atoms with E-state index in [1.807, 2.05) is 11.3 Å². The van der Waals surface area contributed by atoms with Gasteiger partial charge in [0.05, 0.1) is 5.69 Å². The maximum atomic E-state index is 4.99. The van der Waals surface area contributed by atoms with Gasteiger partial charge in [0, 0.05) is 30.6 Å². The lowest BCUT2D eigenvalue weighted by Gasteiger charge is -2.27. The van der Waals surface area contributed by atoms with E-state index in [-0.39, 0.29) is 0 Å². The molecule has 1 fully saturated rings.